The number of ether oxygens (including phenoxy) is 2. The molecule has 17 heavy (non-hydrogen) atoms. The van der Waals surface area contributed by atoms with E-state index < -0.39 is 0 Å². The SMILES string of the molecule is CC(C)(N)CC(N)c1ccc2c(c1)OCCO2. The van der Waals surface area contributed by atoms with Gasteiger partial charge in [0.25, 0.3) is 0 Å². The van der Waals surface area contributed by atoms with E-state index in [4.69, 9.17) is 20.9 Å². The molecule has 0 spiro atoms. The molecule has 0 saturated carbocycles. The average molecular weight is 236 g/mol. The molecule has 94 valence electrons. The second-order valence-corrected chi connectivity index (χ2v) is 5.20. The predicted octanol–water partition coefficient (Wildman–Crippen LogP) is 1.58. The molecule has 0 bridgehead atoms. The highest BCUT2D eigenvalue weighted by Gasteiger charge is 2.19. The Morgan fingerprint density at radius 3 is 2.53 bits per heavy atom. The Kier molecular flexibility index (Phi) is 3.26. The van der Waals surface area contributed by atoms with Crippen LogP contribution in [-0.2, 0) is 0 Å². The summed E-state index contributed by atoms with van der Waals surface area (Å²) in [5, 5.41) is 0. The molecule has 1 unspecified atom stereocenters. The van der Waals surface area contributed by atoms with Crippen LogP contribution < -0.4 is 20.9 Å². The van der Waals surface area contributed by atoms with E-state index in [0.717, 1.165) is 23.5 Å². The number of hydrogen-bond donors (Lipinski definition) is 2. The maximum absolute atomic E-state index is 6.14. The smallest absolute Gasteiger partial charge is 0.161 e. The van der Waals surface area contributed by atoms with Crippen LogP contribution in [0, 0.1) is 0 Å². The van der Waals surface area contributed by atoms with E-state index in [0.29, 0.717) is 13.2 Å². The van der Waals surface area contributed by atoms with Gasteiger partial charge in [-0.3, -0.25) is 0 Å². The number of fused-ring (bicyclic) bond motifs is 1. The number of hydrogen-bond acceptors (Lipinski definition) is 4. The van der Waals surface area contributed by atoms with Gasteiger partial charge >= 0.3 is 0 Å². The first-order valence-electron chi connectivity index (χ1n) is 5.90. The molecular formula is C13H20N2O2. The number of benzene rings is 1. The molecule has 0 aromatic heterocycles. The zero-order chi connectivity index (χ0) is 12.5. The lowest BCUT2D eigenvalue weighted by atomic mass is 9.92. The quantitative estimate of drug-likeness (QED) is 0.836. The summed E-state index contributed by atoms with van der Waals surface area (Å²) in [6, 6.07) is 5.76. The second kappa shape index (κ2) is 4.55. The maximum atomic E-state index is 6.14. The molecule has 1 heterocycles. The Morgan fingerprint density at radius 2 is 1.88 bits per heavy atom. The lowest BCUT2D eigenvalue weighted by molar-refractivity contribution is 0.171. The van der Waals surface area contributed by atoms with Crippen molar-refractivity contribution in [1.82, 2.24) is 0 Å². The van der Waals surface area contributed by atoms with Crippen molar-refractivity contribution >= 4 is 0 Å². The Morgan fingerprint density at radius 1 is 1.24 bits per heavy atom. The Bertz CT molecular complexity index is 399. The van der Waals surface area contributed by atoms with E-state index in [1.807, 2.05) is 32.0 Å². The zero-order valence-corrected chi connectivity index (χ0v) is 10.4. The van der Waals surface area contributed by atoms with Crippen molar-refractivity contribution in [3.8, 4) is 11.5 Å². The van der Waals surface area contributed by atoms with Crippen molar-refractivity contribution in [1.29, 1.82) is 0 Å². The van der Waals surface area contributed by atoms with E-state index in [-0.39, 0.29) is 11.6 Å². The molecule has 1 aromatic rings. The van der Waals surface area contributed by atoms with Crippen molar-refractivity contribution in [2.24, 2.45) is 11.5 Å². The van der Waals surface area contributed by atoms with Gasteiger partial charge in [-0.05, 0) is 38.0 Å². The van der Waals surface area contributed by atoms with E-state index in [9.17, 15) is 0 Å². The minimum Gasteiger partial charge on any atom is -0.486 e. The molecule has 1 aromatic carbocycles. The van der Waals surface area contributed by atoms with Gasteiger partial charge in [-0.1, -0.05) is 6.07 Å². The molecule has 1 atom stereocenters. The van der Waals surface area contributed by atoms with Gasteiger partial charge in [-0.2, -0.15) is 0 Å². The first-order valence-corrected chi connectivity index (χ1v) is 5.90. The van der Waals surface area contributed by atoms with Crippen molar-refractivity contribution < 1.29 is 9.47 Å². The van der Waals surface area contributed by atoms with Gasteiger partial charge in [0.05, 0.1) is 0 Å². The number of rotatable bonds is 3. The van der Waals surface area contributed by atoms with Gasteiger partial charge in [0.1, 0.15) is 13.2 Å². The topological polar surface area (TPSA) is 70.5 Å². The van der Waals surface area contributed by atoms with E-state index in [1.54, 1.807) is 0 Å². The fourth-order valence-electron chi connectivity index (χ4n) is 1.98. The van der Waals surface area contributed by atoms with E-state index >= 15 is 0 Å². The molecule has 4 nitrogen and oxygen atoms in total. The molecule has 1 aliphatic rings. The first kappa shape index (κ1) is 12.2. The lowest BCUT2D eigenvalue weighted by Crippen LogP contribution is -2.35. The van der Waals surface area contributed by atoms with Crippen molar-refractivity contribution in [2.45, 2.75) is 31.8 Å². The van der Waals surface area contributed by atoms with Gasteiger partial charge in [-0.25, -0.2) is 0 Å². The Hall–Kier alpha value is -1.26. The predicted molar refractivity (Wildman–Crippen MR) is 67.2 cm³/mol. The molecule has 0 amide bonds. The standard InChI is InChI=1S/C13H20N2O2/c1-13(2,15)8-10(14)9-3-4-11-12(7-9)17-6-5-16-11/h3-4,7,10H,5-6,8,14-15H2,1-2H3. The van der Waals surface area contributed by atoms with Gasteiger partial charge in [0.2, 0.25) is 0 Å². The molecule has 4 heteroatoms. The monoisotopic (exact) mass is 236 g/mol. The van der Waals surface area contributed by atoms with Crippen LogP contribution in [0.25, 0.3) is 0 Å². The summed E-state index contributed by atoms with van der Waals surface area (Å²) in [6.07, 6.45) is 0.729. The molecule has 0 aliphatic carbocycles. The van der Waals surface area contributed by atoms with Crippen LogP contribution in [-0.4, -0.2) is 18.8 Å². The lowest BCUT2D eigenvalue weighted by Gasteiger charge is -2.25. The van der Waals surface area contributed by atoms with Crippen LogP contribution in [0.3, 0.4) is 0 Å². The highest BCUT2D eigenvalue weighted by molar-refractivity contribution is 5.44. The first-order chi connectivity index (χ1) is 7.96. The third kappa shape index (κ3) is 3.11. The summed E-state index contributed by atoms with van der Waals surface area (Å²) in [5.74, 6) is 1.57. The largest absolute Gasteiger partial charge is 0.486 e. The van der Waals surface area contributed by atoms with Crippen LogP contribution in [0.15, 0.2) is 18.2 Å². The Balaban J connectivity index is 2.16. The fourth-order valence-corrected chi connectivity index (χ4v) is 1.98. The van der Waals surface area contributed by atoms with Crippen LogP contribution in [0.4, 0.5) is 0 Å². The average Bonchev–Trinajstić information content (AvgIpc) is 2.26. The number of nitrogens with two attached hydrogens (primary N) is 2. The minimum atomic E-state index is -0.271. The Labute approximate surface area is 102 Å². The van der Waals surface area contributed by atoms with Crippen LogP contribution in [0.1, 0.15) is 31.9 Å². The second-order valence-electron chi connectivity index (χ2n) is 5.20. The van der Waals surface area contributed by atoms with Crippen LogP contribution >= 0.6 is 0 Å². The van der Waals surface area contributed by atoms with Crippen LogP contribution in [0.5, 0.6) is 11.5 Å². The zero-order valence-electron chi connectivity index (χ0n) is 10.4. The summed E-state index contributed by atoms with van der Waals surface area (Å²) >= 11 is 0. The summed E-state index contributed by atoms with van der Waals surface area (Å²) < 4.78 is 11.0. The molecule has 0 radical (unpaired) electrons. The van der Waals surface area contributed by atoms with Crippen molar-refractivity contribution in [3.05, 3.63) is 23.8 Å². The highest BCUT2D eigenvalue weighted by atomic mass is 16.6. The fraction of sp³-hybridized carbons (Fsp3) is 0.538. The van der Waals surface area contributed by atoms with Crippen molar-refractivity contribution in [3.63, 3.8) is 0 Å². The molecule has 4 N–H and O–H groups in total. The molecule has 2 rings (SSSR count). The van der Waals surface area contributed by atoms with Crippen LogP contribution in [0.2, 0.25) is 0 Å². The maximum Gasteiger partial charge on any atom is 0.161 e. The molecule has 0 saturated heterocycles. The highest BCUT2D eigenvalue weighted by Crippen LogP contribution is 2.33. The summed E-state index contributed by atoms with van der Waals surface area (Å²) in [7, 11) is 0. The summed E-state index contributed by atoms with van der Waals surface area (Å²) in [6.45, 7) is 5.15. The molecule has 0 fully saturated rings. The van der Waals surface area contributed by atoms with Gasteiger partial charge < -0.3 is 20.9 Å². The summed E-state index contributed by atoms with van der Waals surface area (Å²) in [4.78, 5) is 0. The van der Waals surface area contributed by atoms with Gasteiger partial charge in [0, 0.05) is 11.6 Å². The van der Waals surface area contributed by atoms with Gasteiger partial charge in [-0.15, -0.1) is 0 Å². The third-order valence-electron chi connectivity index (χ3n) is 2.74. The molecular weight excluding hydrogens is 216 g/mol. The van der Waals surface area contributed by atoms with Crippen molar-refractivity contribution in [2.75, 3.05) is 13.2 Å². The third-order valence-corrected chi connectivity index (χ3v) is 2.74. The minimum absolute atomic E-state index is 0.0779. The van der Waals surface area contributed by atoms with Gasteiger partial charge in [0.15, 0.2) is 11.5 Å². The summed E-state index contributed by atoms with van der Waals surface area (Å²) in [5.41, 5.74) is 12.9. The normalized spacial score (nSPS) is 16.7. The molecule has 1 aliphatic heterocycles. The van der Waals surface area contributed by atoms with E-state index in [1.165, 1.54) is 0 Å². The van der Waals surface area contributed by atoms with E-state index in [2.05, 4.69) is 0 Å².